The van der Waals surface area contributed by atoms with E-state index in [1.54, 1.807) is 4.72 Å². The minimum Gasteiger partial charge on any atom is -0.496 e. The summed E-state index contributed by atoms with van der Waals surface area (Å²) in [6.07, 6.45) is -4.16. The Morgan fingerprint density at radius 1 is 1.07 bits per heavy atom. The molecule has 0 aromatic heterocycles. The molecule has 152 valence electrons. The average Bonchev–Trinajstić information content (AvgIpc) is 2.54. The van der Waals surface area contributed by atoms with Crippen LogP contribution in [0.4, 0.5) is 13.2 Å². The van der Waals surface area contributed by atoms with Gasteiger partial charge in [0, 0.05) is 17.2 Å². The Kier molecular flexibility index (Phi) is 6.30. The number of halogens is 4. The van der Waals surface area contributed by atoms with Gasteiger partial charge in [0.25, 0.3) is 5.91 Å². The molecule has 0 saturated carbocycles. The van der Waals surface area contributed by atoms with Crippen molar-refractivity contribution in [2.45, 2.75) is 6.36 Å². The lowest BCUT2D eigenvalue weighted by Crippen LogP contribution is -2.29. The molecule has 12 heteroatoms. The summed E-state index contributed by atoms with van der Waals surface area (Å²) in [5, 5.41) is -0.00280. The molecule has 0 aliphatic heterocycles. The summed E-state index contributed by atoms with van der Waals surface area (Å²) in [4.78, 5) is 12.0. The van der Waals surface area contributed by atoms with E-state index in [2.05, 4.69) is 4.74 Å². The van der Waals surface area contributed by atoms with E-state index < -0.39 is 28.0 Å². The van der Waals surface area contributed by atoms with E-state index in [1.807, 2.05) is 0 Å². The highest BCUT2D eigenvalue weighted by Gasteiger charge is 2.32. The molecule has 2 aromatic carbocycles. The molecule has 2 rings (SSSR count). The van der Waals surface area contributed by atoms with Crippen LogP contribution in [-0.2, 0) is 10.0 Å². The number of rotatable bonds is 6. The quantitative estimate of drug-likeness (QED) is 0.737. The van der Waals surface area contributed by atoms with Crippen molar-refractivity contribution in [3.05, 3.63) is 47.0 Å². The first-order valence-electron chi connectivity index (χ1n) is 7.31. The second kappa shape index (κ2) is 8.15. The number of methoxy groups -OCH3 is 1. The van der Waals surface area contributed by atoms with Crippen LogP contribution < -0.4 is 18.9 Å². The van der Waals surface area contributed by atoms with E-state index in [-0.39, 0.29) is 27.8 Å². The van der Waals surface area contributed by atoms with Gasteiger partial charge in [0.1, 0.15) is 11.5 Å². The van der Waals surface area contributed by atoms with Crippen molar-refractivity contribution in [3.63, 3.8) is 0 Å². The maximum absolute atomic E-state index is 12.6. The second-order valence-electron chi connectivity index (χ2n) is 5.31. The van der Waals surface area contributed by atoms with Crippen LogP contribution in [0.3, 0.4) is 0 Å². The maximum atomic E-state index is 12.6. The molecule has 0 radical (unpaired) electrons. The molecule has 0 aliphatic carbocycles. The Labute approximate surface area is 163 Å². The molecule has 0 heterocycles. The number of amides is 1. The first-order chi connectivity index (χ1) is 12.9. The predicted molar refractivity (Wildman–Crippen MR) is 93.5 cm³/mol. The third-order valence-electron chi connectivity index (χ3n) is 3.05. The molecule has 7 nitrogen and oxygen atoms in total. The highest BCUT2D eigenvalue weighted by Crippen LogP contribution is 2.38. The number of alkyl halides is 3. The van der Waals surface area contributed by atoms with E-state index in [9.17, 15) is 26.4 Å². The van der Waals surface area contributed by atoms with Crippen LogP contribution in [0.5, 0.6) is 23.0 Å². The first kappa shape index (κ1) is 21.6. The molecule has 0 spiro atoms. The summed E-state index contributed by atoms with van der Waals surface area (Å²) in [6, 6.07) is 7.02. The van der Waals surface area contributed by atoms with Crippen LogP contribution in [-0.4, -0.2) is 34.1 Å². The lowest BCUT2D eigenvalue weighted by atomic mass is 10.2. The van der Waals surface area contributed by atoms with Gasteiger partial charge in [0.15, 0.2) is 11.5 Å². The van der Waals surface area contributed by atoms with E-state index in [0.29, 0.717) is 0 Å². The summed E-state index contributed by atoms with van der Waals surface area (Å²) in [5.41, 5.74) is -0.122. The van der Waals surface area contributed by atoms with Crippen molar-refractivity contribution < 1.29 is 40.6 Å². The summed E-state index contributed by atoms with van der Waals surface area (Å²) in [7, 11) is -2.59. The zero-order valence-corrected chi connectivity index (χ0v) is 15.9. The van der Waals surface area contributed by atoms with Gasteiger partial charge in [0.05, 0.1) is 18.9 Å². The van der Waals surface area contributed by atoms with Crippen molar-refractivity contribution in [2.75, 3.05) is 13.4 Å². The smallest absolute Gasteiger partial charge is 0.496 e. The molecule has 0 unspecified atom stereocenters. The molecule has 0 saturated heterocycles. The zero-order valence-electron chi connectivity index (χ0n) is 14.3. The Hall–Kier alpha value is -2.66. The minimum absolute atomic E-state index is 0.00195. The maximum Gasteiger partial charge on any atom is 0.573 e. The Morgan fingerprint density at radius 2 is 1.75 bits per heavy atom. The molecule has 0 fully saturated rings. The van der Waals surface area contributed by atoms with Gasteiger partial charge in [-0.05, 0) is 24.3 Å². The summed E-state index contributed by atoms with van der Waals surface area (Å²) < 4.78 is 76.1. The van der Waals surface area contributed by atoms with Crippen molar-refractivity contribution in [1.82, 2.24) is 4.72 Å². The van der Waals surface area contributed by atoms with Crippen LogP contribution in [0, 0.1) is 0 Å². The van der Waals surface area contributed by atoms with Crippen LogP contribution in [0.15, 0.2) is 36.4 Å². The van der Waals surface area contributed by atoms with Crippen molar-refractivity contribution in [2.24, 2.45) is 0 Å². The molecule has 28 heavy (non-hydrogen) atoms. The highest BCUT2D eigenvalue weighted by atomic mass is 35.5. The van der Waals surface area contributed by atoms with Crippen molar-refractivity contribution in [1.29, 1.82) is 0 Å². The lowest BCUT2D eigenvalue weighted by molar-refractivity contribution is -0.275. The second-order valence-corrected chi connectivity index (χ2v) is 7.49. The van der Waals surface area contributed by atoms with Gasteiger partial charge in [-0.2, -0.15) is 0 Å². The summed E-state index contributed by atoms with van der Waals surface area (Å²) in [5.74, 6) is -1.97. The van der Waals surface area contributed by atoms with E-state index in [1.165, 1.54) is 37.4 Å². The number of nitrogens with one attached hydrogen (secondary N) is 1. The molecule has 0 bridgehead atoms. The topological polar surface area (TPSA) is 90.9 Å². The van der Waals surface area contributed by atoms with Crippen LogP contribution in [0.2, 0.25) is 5.02 Å². The normalized spacial score (nSPS) is 11.6. The lowest BCUT2D eigenvalue weighted by Gasteiger charge is -2.15. The van der Waals surface area contributed by atoms with Crippen LogP contribution in [0.25, 0.3) is 0 Å². The molecule has 0 aliphatic rings. The minimum atomic E-state index is -4.96. The number of hydrogen-bond donors (Lipinski definition) is 1. The zero-order chi connectivity index (χ0) is 21.1. The van der Waals surface area contributed by atoms with Gasteiger partial charge in [-0.1, -0.05) is 11.6 Å². The largest absolute Gasteiger partial charge is 0.573 e. The number of benzene rings is 2. The van der Waals surface area contributed by atoms with Gasteiger partial charge in [-0.3, -0.25) is 4.79 Å². The Balaban J connectivity index is 2.34. The van der Waals surface area contributed by atoms with Crippen LogP contribution in [0.1, 0.15) is 10.4 Å². The monoisotopic (exact) mass is 439 g/mol. The Morgan fingerprint density at radius 3 is 2.32 bits per heavy atom. The van der Waals surface area contributed by atoms with Gasteiger partial charge >= 0.3 is 6.36 Å². The third-order valence-corrected chi connectivity index (χ3v) is 3.85. The van der Waals surface area contributed by atoms with E-state index in [4.69, 9.17) is 21.1 Å². The Bertz CT molecular complexity index is 994. The third kappa shape index (κ3) is 6.20. The average molecular weight is 440 g/mol. The SMILES string of the molecule is COc1cc(Oc2ccc(Cl)cc2OC(F)(F)F)ccc1C(=O)NS(C)(=O)=O. The number of carbonyl (C=O) groups is 1. The summed E-state index contributed by atoms with van der Waals surface area (Å²) >= 11 is 5.69. The molecular formula is C16H13ClF3NO6S. The van der Waals surface area contributed by atoms with E-state index in [0.717, 1.165) is 12.3 Å². The number of sulfonamides is 1. The predicted octanol–water partition coefficient (Wildman–Crippen LogP) is 3.73. The fraction of sp³-hybridized carbons (Fsp3) is 0.188. The van der Waals surface area contributed by atoms with Crippen molar-refractivity contribution >= 4 is 27.5 Å². The molecule has 1 amide bonds. The van der Waals surface area contributed by atoms with Gasteiger partial charge in [-0.25, -0.2) is 13.1 Å². The van der Waals surface area contributed by atoms with Crippen LogP contribution >= 0.6 is 11.6 Å². The van der Waals surface area contributed by atoms with Gasteiger partial charge < -0.3 is 14.2 Å². The summed E-state index contributed by atoms with van der Waals surface area (Å²) in [6.45, 7) is 0. The van der Waals surface area contributed by atoms with Gasteiger partial charge in [-0.15, -0.1) is 13.2 Å². The number of carbonyl (C=O) groups excluding carboxylic acids is 1. The first-order valence-corrected chi connectivity index (χ1v) is 9.58. The molecular weight excluding hydrogens is 427 g/mol. The van der Waals surface area contributed by atoms with E-state index >= 15 is 0 Å². The fourth-order valence-electron chi connectivity index (χ4n) is 2.04. The molecule has 1 N–H and O–H groups in total. The van der Waals surface area contributed by atoms with Gasteiger partial charge in [0.2, 0.25) is 10.0 Å². The molecule has 0 atom stereocenters. The highest BCUT2D eigenvalue weighted by molar-refractivity contribution is 7.89. The molecule has 2 aromatic rings. The standard InChI is InChI=1S/C16H13ClF3NO6S/c1-25-13-8-10(4-5-11(13)15(22)21-28(2,23)24)26-12-6-3-9(17)7-14(12)27-16(18,19)20/h3-8H,1-2H3,(H,21,22). The number of ether oxygens (including phenoxy) is 3. The fourth-order valence-corrected chi connectivity index (χ4v) is 2.65. The van der Waals surface area contributed by atoms with Crippen molar-refractivity contribution in [3.8, 4) is 23.0 Å². The number of hydrogen-bond acceptors (Lipinski definition) is 6.